The number of rotatable bonds is 1. The molecule has 146 valence electrons. The summed E-state index contributed by atoms with van der Waals surface area (Å²) in [5.41, 5.74) is 5.82. The summed E-state index contributed by atoms with van der Waals surface area (Å²) in [6.07, 6.45) is 1.86. The highest BCUT2D eigenvalue weighted by molar-refractivity contribution is 6.40. The van der Waals surface area contributed by atoms with E-state index in [-0.39, 0.29) is 5.91 Å². The molecule has 2 aliphatic heterocycles. The van der Waals surface area contributed by atoms with Crippen LogP contribution in [0.2, 0.25) is 0 Å². The summed E-state index contributed by atoms with van der Waals surface area (Å²) in [4.78, 5) is 31.5. The van der Waals surface area contributed by atoms with Crippen molar-refractivity contribution in [1.82, 2.24) is 4.90 Å². The van der Waals surface area contributed by atoms with Crippen molar-refractivity contribution < 1.29 is 9.59 Å². The fourth-order valence-electron chi connectivity index (χ4n) is 4.22. The van der Waals surface area contributed by atoms with Gasteiger partial charge in [0, 0.05) is 44.1 Å². The minimum atomic E-state index is -0.396. The number of carbonyl (C=O) groups is 2. The Hall–Kier alpha value is -2.82. The molecule has 2 aromatic carbocycles. The lowest BCUT2D eigenvalue weighted by Gasteiger charge is -2.38. The monoisotopic (exact) mass is 377 g/mol. The minimum absolute atomic E-state index is 0.377. The number of hydrogen-bond acceptors (Lipinski definition) is 3. The van der Waals surface area contributed by atoms with Gasteiger partial charge in [-0.3, -0.25) is 9.59 Å². The zero-order chi connectivity index (χ0) is 19.7. The van der Waals surface area contributed by atoms with Crippen molar-refractivity contribution in [3.63, 3.8) is 0 Å². The molecule has 1 fully saturated rings. The fourth-order valence-corrected chi connectivity index (χ4v) is 4.22. The van der Waals surface area contributed by atoms with Crippen molar-refractivity contribution in [2.24, 2.45) is 0 Å². The molecule has 5 heteroatoms. The number of amides is 2. The average molecular weight is 377 g/mol. The molecule has 0 saturated carbocycles. The molecule has 0 bridgehead atoms. The van der Waals surface area contributed by atoms with Crippen LogP contribution < -0.4 is 9.80 Å². The summed E-state index contributed by atoms with van der Waals surface area (Å²) in [6.45, 7) is 7.53. The topological polar surface area (TPSA) is 43.9 Å². The molecule has 2 amide bonds. The van der Waals surface area contributed by atoms with Crippen LogP contribution >= 0.6 is 0 Å². The van der Waals surface area contributed by atoms with Gasteiger partial charge in [-0.2, -0.15) is 0 Å². The third kappa shape index (κ3) is 3.37. The van der Waals surface area contributed by atoms with E-state index in [1.807, 2.05) is 24.3 Å². The van der Waals surface area contributed by atoms with Gasteiger partial charge in [-0.25, -0.2) is 0 Å². The van der Waals surface area contributed by atoms with E-state index in [9.17, 15) is 9.59 Å². The lowest BCUT2D eigenvalue weighted by molar-refractivity contribution is -0.144. The van der Waals surface area contributed by atoms with E-state index >= 15 is 0 Å². The van der Waals surface area contributed by atoms with Crippen LogP contribution in [0.5, 0.6) is 0 Å². The Kier molecular flexibility index (Phi) is 5.07. The van der Waals surface area contributed by atoms with Crippen LogP contribution in [0.15, 0.2) is 42.5 Å². The number of anilines is 2. The molecule has 0 aromatic heterocycles. The maximum absolute atomic E-state index is 12.9. The molecule has 0 radical (unpaired) electrons. The van der Waals surface area contributed by atoms with Gasteiger partial charge in [0.05, 0.1) is 0 Å². The van der Waals surface area contributed by atoms with E-state index in [2.05, 4.69) is 36.9 Å². The molecule has 0 atom stereocenters. The van der Waals surface area contributed by atoms with E-state index in [1.54, 1.807) is 9.80 Å². The molecule has 2 heterocycles. The predicted molar refractivity (Wildman–Crippen MR) is 112 cm³/mol. The highest BCUT2D eigenvalue weighted by Gasteiger charge is 2.32. The average Bonchev–Trinajstić information content (AvgIpc) is 2.74. The number of benzene rings is 2. The summed E-state index contributed by atoms with van der Waals surface area (Å²) in [7, 11) is 0. The van der Waals surface area contributed by atoms with Crippen molar-refractivity contribution in [2.75, 3.05) is 42.5 Å². The van der Waals surface area contributed by atoms with E-state index in [0.717, 1.165) is 37.2 Å². The van der Waals surface area contributed by atoms with Crippen molar-refractivity contribution in [1.29, 1.82) is 0 Å². The summed E-state index contributed by atoms with van der Waals surface area (Å²) in [5, 5.41) is 0. The highest BCUT2D eigenvalue weighted by Crippen LogP contribution is 2.27. The molecular weight excluding hydrogens is 350 g/mol. The van der Waals surface area contributed by atoms with Gasteiger partial charge >= 0.3 is 11.8 Å². The van der Waals surface area contributed by atoms with Gasteiger partial charge in [-0.15, -0.1) is 0 Å². The van der Waals surface area contributed by atoms with Gasteiger partial charge in [-0.1, -0.05) is 30.3 Å². The van der Waals surface area contributed by atoms with Gasteiger partial charge in [-0.05, 0) is 55.5 Å². The number of carbonyl (C=O) groups excluding carboxylic acids is 2. The molecule has 0 spiro atoms. The maximum Gasteiger partial charge on any atom is 0.316 e. The van der Waals surface area contributed by atoms with Crippen LogP contribution in [-0.2, 0) is 16.0 Å². The highest BCUT2D eigenvalue weighted by atomic mass is 16.2. The van der Waals surface area contributed by atoms with Crippen molar-refractivity contribution in [3.8, 4) is 0 Å². The normalized spacial score (nSPS) is 16.7. The lowest BCUT2D eigenvalue weighted by atomic mass is 10.0. The zero-order valence-electron chi connectivity index (χ0n) is 16.6. The fraction of sp³-hybridized carbons (Fsp3) is 0.391. The second-order valence-corrected chi connectivity index (χ2v) is 7.69. The summed E-state index contributed by atoms with van der Waals surface area (Å²) >= 11 is 0. The first-order valence-corrected chi connectivity index (χ1v) is 10.1. The van der Waals surface area contributed by atoms with Gasteiger partial charge in [0.2, 0.25) is 0 Å². The Balaban J connectivity index is 1.43. The number of para-hydroxylation sites is 1. The summed E-state index contributed by atoms with van der Waals surface area (Å²) in [5.74, 6) is -0.773. The van der Waals surface area contributed by atoms with Crippen molar-refractivity contribution >= 4 is 23.2 Å². The first kappa shape index (κ1) is 18.5. The van der Waals surface area contributed by atoms with E-state index in [1.165, 1.54) is 16.8 Å². The van der Waals surface area contributed by atoms with Crippen LogP contribution in [0, 0.1) is 13.8 Å². The number of aryl methyl sites for hydroxylation is 2. The first-order valence-electron chi connectivity index (χ1n) is 10.1. The number of nitrogens with zero attached hydrogens (tertiary/aromatic N) is 3. The van der Waals surface area contributed by atoms with E-state index < -0.39 is 5.91 Å². The Bertz CT molecular complexity index is 900. The Morgan fingerprint density at radius 2 is 1.50 bits per heavy atom. The number of piperazine rings is 1. The first-order chi connectivity index (χ1) is 13.6. The molecule has 2 aliphatic rings. The largest absolute Gasteiger partial charge is 0.368 e. The smallest absolute Gasteiger partial charge is 0.316 e. The maximum atomic E-state index is 12.9. The van der Waals surface area contributed by atoms with Crippen molar-refractivity contribution in [2.45, 2.75) is 26.7 Å². The zero-order valence-corrected chi connectivity index (χ0v) is 16.6. The predicted octanol–water partition coefficient (Wildman–Crippen LogP) is 2.93. The molecular formula is C23H27N3O2. The standard InChI is InChI=1S/C23H27N3O2/c1-17-7-5-11-20(18(17)2)24-13-15-25(16-14-24)22(27)23(28)26-12-6-9-19-8-3-4-10-21(19)26/h3-5,7-8,10-11H,6,9,12-16H2,1-2H3. The molecule has 4 rings (SSSR count). The third-order valence-corrected chi connectivity index (χ3v) is 6.02. The molecule has 0 unspecified atom stereocenters. The number of fused-ring (bicyclic) bond motifs is 1. The van der Waals surface area contributed by atoms with Crippen LogP contribution in [0.25, 0.3) is 0 Å². The third-order valence-electron chi connectivity index (χ3n) is 6.02. The van der Waals surface area contributed by atoms with Crippen LogP contribution in [-0.4, -0.2) is 49.4 Å². The van der Waals surface area contributed by atoms with Crippen LogP contribution in [0.4, 0.5) is 11.4 Å². The second-order valence-electron chi connectivity index (χ2n) is 7.69. The van der Waals surface area contributed by atoms with Crippen LogP contribution in [0.1, 0.15) is 23.1 Å². The Morgan fingerprint density at radius 3 is 2.29 bits per heavy atom. The summed E-state index contributed by atoms with van der Waals surface area (Å²) in [6, 6.07) is 14.2. The van der Waals surface area contributed by atoms with Crippen LogP contribution in [0.3, 0.4) is 0 Å². The van der Waals surface area contributed by atoms with E-state index in [4.69, 9.17) is 0 Å². The Morgan fingerprint density at radius 1 is 0.786 bits per heavy atom. The second kappa shape index (κ2) is 7.66. The van der Waals surface area contributed by atoms with Gasteiger partial charge in [0.25, 0.3) is 0 Å². The lowest BCUT2D eigenvalue weighted by Crippen LogP contribution is -2.54. The Labute approximate surface area is 166 Å². The minimum Gasteiger partial charge on any atom is -0.368 e. The molecule has 2 aromatic rings. The number of hydrogen-bond donors (Lipinski definition) is 0. The van der Waals surface area contributed by atoms with Crippen molar-refractivity contribution in [3.05, 3.63) is 59.2 Å². The van der Waals surface area contributed by atoms with Gasteiger partial charge in [0.1, 0.15) is 0 Å². The molecule has 1 saturated heterocycles. The quantitative estimate of drug-likeness (QED) is 0.718. The molecule has 0 aliphatic carbocycles. The molecule has 28 heavy (non-hydrogen) atoms. The summed E-state index contributed by atoms with van der Waals surface area (Å²) < 4.78 is 0. The van der Waals surface area contributed by atoms with Gasteiger partial charge < -0.3 is 14.7 Å². The van der Waals surface area contributed by atoms with E-state index in [0.29, 0.717) is 19.6 Å². The molecule has 0 N–H and O–H groups in total. The van der Waals surface area contributed by atoms with Gasteiger partial charge in [0.15, 0.2) is 0 Å². The molecule has 5 nitrogen and oxygen atoms in total. The SMILES string of the molecule is Cc1cccc(N2CCN(C(=O)C(=O)N3CCCc4ccccc43)CC2)c1C.